The van der Waals surface area contributed by atoms with E-state index < -0.39 is 0 Å². The van der Waals surface area contributed by atoms with E-state index in [2.05, 4.69) is 30.3 Å². The van der Waals surface area contributed by atoms with Crippen molar-refractivity contribution in [3.05, 3.63) is 84.1 Å². The summed E-state index contributed by atoms with van der Waals surface area (Å²) in [4.78, 5) is 0. The molecular formula is C23H19N3O2. The topological polar surface area (TPSA) is 73.2 Å². The Labute approximate surface area is 163 Å². The number of nitriles is 1. The van der Waals surface area contributed by atoms with Gasteiger partial charge >= 0.3 is 0 Å². The molecule has 4 aromatic rings. The first-order chi connectivity index (χ1) is 13.7. The number of anilines is 1. The molecule has 4 rings (SSSR count). The Hall–Kier alpha value is -3.91. The van der Waals surface area contributed by atoms with Crippen LogP contribution >= 0.6 is 0 Å². The van der Waals surface area contributed by atoms with Gasteiger partial charge in [0.05, 0.1) is 19.3 Å². The molecule has 0 aliphatic carbocycles. The summed E-state index contributed by atoms with van der Waals surface area (Å²) in [6.07, 6.45) is 0. The quantitative estimate of drug-likeness (QED) is 0.540. The summed E-state index contributed by atoms with van der Waals surface area (Å²) >= 11 is 0. The molecule has 2 N–H and O–H groups in total. The number of aromatic nitrogens is 1. The number of nitrogens with two attached hydrogens (primary N) is 1. The molecule has 0 spiro atoms. The molecular weight excluding hydrogens is 350 g/mol. The lowest BCUT2D eigenvalue weighted by Gasteiger charge is -2.14. The summed E-state index contributed by atoms with van der Waals surface area (Å²) in [5, 5.41) is 11.9. The second-order valence-electron chi connectivity index (χ2n) is 6.40. The van der Waals surface area contributed by atoms with E-state index in [0.717, 1.165) is 22.1 Å². The van der Waals surface area contributed by atoms with Crippen LogP contribution in [0.1, 0.15) is 11.3 Å². The van der Waals surface area contributed by atoms with Crippen molar-refractivity contribution in [1.29, 1.82) is 5.26 Å². The fraction of sp³-hybridized carbons (Fsp3) is 0.0870. The maximum absolute atomic E-state index is 9.58. The molecule has 0 saturated carbocycles. The van der Waals surface area contributed by atoms with Gasteiger partial charge in [-0.25, -0.2) is 0 Å². The minimum Gasteiger partial charge on any atom is -0.497 e. The van der Waals surface area contributed by atoms with Gasteiger partial charge in [-0.2, -0.15) is 5.26 Å². The van der Waals surface area contributed by atoms with Gasteiger partial charge in [0.1, 0.15) is 23.3 Å². The summed E-state index contributed by atoms with van der Waals surface area (Å²) in [6, 6.07) is 25.4. The number of hydrogen-bond acceptors (Lipinski definition) is 4. The normalized spacial score (nSPS) is 10.6. The molecule has 0 radical (unpaired) electrons. The van der Waals surface area contributed by atoms with E-state index in [4.69, 9.17) is 15.2 Å². The van der Waals surface area contributed by atoms with Gasteiger partial charge in [-0.1, -0.05) is 42.5 Å². The van der Waals surface area contributed by atoms with Crippen LogP contribution < -0.4 is 15.2 Å². The highest BCUT2D eigenvalue weighted by Crippen LogP contribution is 2.33. The van der Waals surface area contributed by atoms with E-state index >= 15 is 0 Å². The molecule has 0 fully saturated rings. The zero-order valence-electron chi connectivity index (χ0n) is 15.4. The average Bonchev–Trinajstić information content (AvgIpc) is 3.03. The summed E-state index contributed by atoms with van der Waals surface area (Å²) in [6.45, 7) is 0.479. The van der Waals surface area contributed by atoms with Crippen molar-refractivity contribution >= 4 is 16.5 Å². The fourth-order valence-corrected chi connectivity index (χ4v) is 3.27. The van der Waals surface area contributed by atoms with Crippen LogP contribution in [0.5, 0.6) is 17.4 Å². The van der Waals surface area contributed by atoms with Crippen LogP contribution in [-0.4, -0.2) is 11.7 Å². The van der Waals surface area contributed by atoms with E-state index in [1.165, 1.54) is 0 Å². The Balaban J connectivity index is 1.74. The number of methoxy groups -OCH3 is 1. The van der Waals surface area contributed by atoms with Crippen LogP contribution in [0.3, 0.4) is 0 Å². The van der Waals surface area contributed by atoms with E-state index in [0.29, 0.717) is 29.6 Å². The van der Waals surface area contributed by atoms with Crippen molar-refractivity contribution in [3.63, 3.8) is 0 Å². The lowest BCUT2D eigenvalue weighted by atomic mass is 10.0. The van der Waals surface area contributed by atoms with Crippen molar-refractivity contribution in [3.8, 4) is 23.4 Å². The van der Waals surface area contributed by atoms with E-state index in [-0.39, 0.29) is 0 Å². The predicted molar refractivity (Wildman–Crippen MR) is 110 cm³/mol. The zero-order chi connectivity index (χ0) is 19.5. The lowest BCUT2D eigenvalue weighted by Crippen LogP contribution is -2.05. The molecule has 1 heterocycles. The third-order valence-electron chi connectivity index (χ3n) is 4.67. The largest absolute Gasteiger partial charge is 0.497 e. The molecule has 0 amide bonds. The van der Waals surface area contributed by atoms with Gasteiger partial charge in [-0.15, -0.1) is 0 Å². The second-order valence-corrected chi connectivity index (χ2v) is 6.40. The Morgan fingerprint density at radius 1 is 0.964 bits per heavy atom. The fourth-order valence-electron chi connectivity index (χ4n) is 3.27. The second kappa shape index (κ2) is 7.37. The Bertz CT molecular complexity index is 1170. The Morgan fingerprint density at radius 2 is 1.68 bits per heavy atom. The van der Waals surface area contributed by atoms with Crippen LogP contribution in [0.4, 0.5) is 5.69 Å². The minimum atomic E-state index is 0.424. The van der Waals surface area contributed by atoms with Gasteiger partial charge in [0.25, 0.3) is 0 Å². The van der Waals surface area contributed by atoms with Crippen molar-refractivity contribution in [2.45, 2.75) is 6.54 Å². The van der Waals surface area contributed by atoms with Gasteiger partial charge in [0.15, 0.2) is 0 Å². The Kier molecular flexibility index (Phi) is 4.61. The third-order valence-corrected chi connectivity index (χ3v) is 4.67. The number of benzene rings is 3. The van der Waals surface area contributed by atoms with Crippen LogP contribution in [0.25, 0.3) is 10.8 Å². The average molecular weight is 369 g/mol. The number of hydrogen-bond donors (Lipinski definition) is 1. The maximum Gasteiger partial charge on any atom is 0.224 e. The van der Waals surface area contributed by atoms with Crippen molar-refractivity contribution < 1.29 is 9.47 Å². The predicted octanol–water partition coefficient (Wildman–Crippen LogP) is 4.94. The Morgan fingerprint density at radius 3 is 2.43 bits per heavy atom. The van der Waals surface area contributed by atoms with Gasteiger partial charge in [0.2, 0.25) is 5.88 Å². The van der Waals surface area contributed by atoms with Crippen LogP contribution in [0.2, 0.25) is 0 Å². The van der Waals surface area contributed by atoms with Crippen molar-refractivity contribution in [2.75, 3.05) is 12.8 Å². The first-order valence-electron chi connectivity index (χ1n) is 8.87. The number of nitrogen functional groups attached to an aromatic ring is 1. The highest BCUT2D eigenvalue weighted by atomic mass is 16.5. The van der Waals surface area contributed by atoms with Crippen LogP contribution in [0.15, 0.2) is 72.8 Å². The highest BCUT2D eigenvalue weighted by Gasteiger charge is 2.17. The summed E-state index contributed by atoms with van der Waals surface area (Å²) in [5.41, 5.74) is 8.13. The van der Waals surface area contributed by atoms with E-state index in [9.17, 15) is 5.26 Å². The molecule has 28 heavy (non-hydrogen) atoms. The van der Waals surface area contributed by atoms with Gasteiger partial charge in [-0.05, 0) is 40.6 Å². The molecule has 3 aromatic carbocycles. The first kappa shape index (κ1) is 17.5. The summed E-state index contributed by atoms with van der Waals surface area (Å²) < 4.78 is 13.0. The molecule has 5 heteroatoms. The molecule has 0 aliphatic rings. The van der Waals surface area contributed by atoms with Gasteiger partial charge in [0, 0.05) is 6.07 Å². The SMILES string of the molecule is COc1ccc(Oc2c(N)cc(C#N)n2Cc2cccc3ccccc23)cc1. The highest BCUT2D eigenvalue weighted by molar-refractivity contribution is 5.85. The zero-order valence-corrected chi connectivity index (χ0v) is 15.4. The van der Waals surface area contributed by atoms with E-state index in [1.807, 2.05) is 30.3 Å². The molecule has 0 atom stereocenters. The van der Waals surface area contributed by atoms with E-state index in [1.54, 1.807) is 29.9 Å². The summed E-state index contributed by atoms with van der Waals surface area (Å²) in [5.74, 6) is 1.81. The molecule has 5 nitrogen and oxygen atoms in total. The number of ether oxygens (including phenoxy) is 2. The molecule has 0 bridgehead atoms. The third kappa shape index (κ3) is 3.24. The van der Waals surface area contributed by atoms with Gasteiger partial charge < -0.3 is 15.2 Å². The molecule has 1 aromatic heterocycles. The first-order valence-corrected chi connectivity index (χ1v) is 8.87. The number of nitrogens with zero attached hydrogens (tertiary/aromatic N) is 2. The monoisotopic (exact) mass is 369 g/mol. The molecule has 0 aliphatic heterocycles. The number of rotatable bonds is 5. The van der Waals surface area contributed by atoms with Crippen LogP contribution in [-0.2, 0) is 6.54 Å². The molecule has 138 valence electrons. The van der Waals surface area contributed by atoms with Crippen LogP contribution in [0, 0.1) is 11.3 Å². The maximum atomic E-state index is 9.58. The lowest BCUT2D eigenvalue weighted by molar-refractivity contribution is 0.410. The number of fused-ring (bicyclic) bond motifs is 1. The minimum absolute atomic E-state index is 0.424. The molecule has 0 saturated heterocycles. The smallest absolute Gasteiger partial charge is 0.224 e. The van der Waals surface area contributed by atoms with Crippen molar-refractivity contribution in [1.82, 2.24) is 4.57 Å². The molecule has 0 unspecified atom stereocenters. The standard InChI is InChI=1S/C23H19N3O2/c1-27-19-9-11-20(12-10-19)28-23-22(25)13-18(14-24)26(23)15-17-7-4-6-16-5-2-3-8-21(16)17/h2-13H,15,25H2,1H3. The summed E-state index contributed by atoms with van der Waals surface area (Å²) in [7, 11) is 1.61. The van der Waals surface area contributed by atoms with Gasteiger partial charge in [-0.3, -0.25) is 4.57 Å². The van der Waals surface area contributed by atoms with Crippen molar-refractivity contribution in [2.24, 2.45) is 0 Å².